The van der Waals surface area contributed by atoms with E-state index in [1.165, 1.54) is 0 Å². The molecule has 0 aliphatic carbocycles. The van der Waals surface area contributed by atoms with E-state index in [2.05, 4.69) is 20.4 Å². The highest BCUT2D eigenvalue weighted by Gasteiger charge is 2.16. The summed E-state index contributed by atoms with van der Waals surface area (Å²) < 4.78 is 21.1. The van der Waals surface area contributed by atoms with E-state index in [4.69, 9.17) is 18.9 Å². The molecule has 0 unspecified atom stereocenters. The van der Waals surface area contributed by atoms with Gasteiger partial charge in [-0.1, -0.05) is 0 Å². The third kappa shape index (κ3) is 3.10. The third-order valence-electron chi connectivity index (χ3n) is 4.05. The molecule has 2 N–H and O–H groups in total. The highest BCUT2D eigenvalue weighted by molar-refractivity contribution is 5.73. The van der Waals surface area contributed by atoms with E-state index in [1.807, 2.05) is 0 Å². The van der Waals surface area contributed by atoms with Crippen LogP contribution in [0.4, 0.5) is 11.4 Å². The molecule has 0 radical (unpaired) electrons. The summed E-state index contributed by atoms with van der Waals surface area (Å²) in [5.74, 6) is 2.37. The van der Waals surface area contributed by atoms with Gasteiger partial charge >= 0.3 is 0 Å². The molecule has 1 aromatic heterocycles. The number of azo groups is 1. The molecule has 138 valence electrons. The van der Waals surface area contributed by atoms with Gasteiger partial charge in [-0.15, -0.1) is 5.11 Å². The Labute approximate surface area is 153 Å². The molecular formula is C18H16N4O5. The summed E-state index contributed by atoms with van der Waals surface area (Å²) >= 11 is 0. The van der Waals surface area contributed by atoms with Gasteiger partial charge in [-0.25, -0.2) is 0 Å². The van der Waals surface area contributed by atoms with Crippen molar-refractivity contribution in [1.29, 1.82) is 0 Å². The van der Waals surface area contributed by atoms with Crippen LogP contribution in [0.5, 0.6) is 23.0 Å². The van der Waals surface area contributed by atoms with E-state index < -0.39 is 0 Å². The van der Waals surface area contributed by atoms with Crippen LogP contribution in [0, 0.1) is 0 Å². The summed E-state index contributed by atoms with van der Waals surface area (Å²) in [7, 11) is 3.10. The topological polar surface area (TPSA) is 110 Å². The van der Waals surface area contributed by atoms with E-state index in [0.717, 1.165) is 0 Å². The molecule has 0 fully saturated rings. The number of hydrogen-bond donors (Lipinski definition) is 2. The first kappa shape index (κ1) is 16.7. The van der Waals surface area contributed by atoms with Gasteiger partial charge in [-0.05, 0) is 30.3 Å². The van der Waals surface area contributed by atoms with Crippen molar-refractivity contribution in [3.05, 3.63) is 46.8 Å². The molecule has 9 heteroatoms. The second kappa shape index (κ2) is 6.87. The van der Waals surface area contributed by atoms with E-state index >= 15 is 0 Å². The van der Waals surface area contributed by atoms with E-state index in [-0.39, 0.29) is 18.0 Å². The Hall–Kier alpha value is -3.75. The van der Waals surface area contributed by atoms with Crippen LogP contribution in [-0.2, 0) is 0 Å². The van der Waals surface area contributed by atoms with Gasteiger partial charge in [0.2, 0.25) is 6.79 Å². The molecule has 0 spiro atoms. The molecule has 1 aliphatic rings. The van der Waals surface area contributed by atoms with Crippen molar-refractivity contribution < 1.29 is 18.9 Å². The average Bonchev–Trinajstić information content (AvgIpc) is 3.31. The average molecular weight is 368 g/mol. The Morgan fingerprint density at radius 2 is 1.74 bits per heavy atom. The van der Waals surface area contributed by atoms with Crippen LogP contribution in [0.3, 0.4) is 0 Å². The molecule has 2 heterocycles. The second-order valence-corrected chi connectivity index (χ2v) is 5.61. The maximum Gasteiger partial charge on any atom is 0.292 e. The predicted octanol–water partition coefficient (Wildman–Crippen LogP) is 3.53. The molecule has 0 saturated heterocycles. The molecule has 0 atom stereocenters. The second-order valence-electron chi connectivity index (χ2n) is 5.61. The number of nitrogens with zero attached hydrogens (tertiary/aromatic N) is 2. The number of fused-ring (bicyclic) bond motifs is 1. The van der Waals surface area contributed by atoms with Gasteiger partial charge in [0.15, 0.2) is 28.7 Å². The Morgan fingerprint density at radius 3 is 2.56 bits per heavy atom. The highest BCUT2D eigenvalue weighted by atomic mass is 16.7. The van der Waals surface area contributed by atoms with Gasteiger partial charge in [0.1, 0.15) is 0 Å². The van der Waals surface area contributed by atoms with Crippen molar-refractivity contribution in [3.63, 3.8) is 0 Å². The van der Waals surface area contributed by atoms with Crippen LogP contribution in [0.1, 0.15) is 0 Å². The van der Waals surface area contributed by atoms with Crippen LogP contribution in [0.2, 0.25) is 0 Å². The summed E-state index contributed by atoms with van der Waals surface area (Å²) in [5.41, 5.74) is 1.50. The number of H-pyrrole nitrogens is 2. The van der Waals surface area contributed by atoms with Gasteiger partial charge < -0.3 is 18.9 Å². The summed E-state index contributed by atoms with van der Waals surface area (Å²) in [6, 6.07) is 10.5. The molecule has 0 amide bonds. The van der Waals surface area contributed by atoms with Crippen LogP contribution >= 0.6 is 0 Å². The number of nitrogens with one attached hydrogen (secondary N) is 2. The Kier molecular flexibility index (Phi) is 4.25. The number of aromatic amines is 2. The summed E-state index contributed by atoms with van der Waals surface area (Å²) in [4.78, 5) is 12.2. The zero-order valence-corrected chi connectivity index (χ0v) is 14.6. The first-order valence-electron chi connectivity index (χ1n) is 8.04. The number of aromatic nitrogens is 2. The first-order valence-corrected chi connectivity index (χ1v) is 8.04. The molecule has 0 bridgehead atoms. The van der Waals surface area contributed by atoms with Gasteiger partial charge in [0.25, 0.3) is 5.56 Å². The minimum atomic E-state index is -0.385. The standard InChI is InChI=1S/C18H16N4O5/c1-24-12-5-3-10(7-14(12)25-2)16-17(18(23)22-20-16)21-19-11-4-6-13-15(8-11)27-9-26-13/h3-8H,9H2,1-2H3,(H2,20,22,23). The molecule has 4 rings (SSSR count). The van der Waals surface area contributed by atoms with Gasteiger partial charge in [-0.3, -0.25) is 15.0 Å². The summed E-state index contributed by atoms with van der Waals surface area (Å²) in [6.45, 7) is 0.177. The highest BCUT2D eigenvalue weighted by Crippen LogP contribution is 2.37. The molecule has 27 heavy (non-hydrogen) atoms. The molecule has 0 saturated carbocycles. The zero-order valence-electron chi connectivity index (χ0n) is 14.6. The Bertz CT molecular complexity index is 1070. The molecular weight excluding hydrogens is 352 g/mol. The zero-order chi connectivity index (χ0) is 18.8. The van der Waals surface area contributed by atoms with Gasteiger partial charge in [-0.2, -0.15) is 5.11 Å². The van der Waals surface area contributed by atoms with Crippen molar-refractivity contribution in [2.75, 3.05) is 21.0 Å². The largest absolute Gasteiger partial charge is 0.493 e. The maximum atomic E-state index is 12.2. The lowest BCUT2D eigenvalue weighted by Gasteiger charge is -2.08. The molecule has 3 aromatic rings. The van der Waals surface area contributed by atoms with E-state index in [0.29, 0.717) is 39.9 Å². The lowest BCUT2D eigenvalue weighted by Crippen LogP contribution is -1.96. The minimum absolute atomic E-state index is 0.153. The SMILES string of the molecule is COc1ccc(-c2[nH][nH]c(=O)c2N=Nc2ccc3c(c2)OCO3)cc1OC. The smallest absolute Gasteiger partial charge is 0.292 e. The van der Waals surface area contributed by atoms with Crippen molar-refractivity contribution >= 4 is 11.4 Å². The molecule has 9 nitrogen and oxygen atoms in total. The lowest BCUT2D eigenvalue weighted by atomic mass is 10.1. The van der Waals surface area contributed by atoms with Crippen LogP contribution in [-0.4, -0.2) is 31.2 Å². The quantitative estimate of drug-likeness (QED) is 0.669. The Morgan fingerprint density at radius 1 is 0.926 bits per heavy atom. The van der Waals surface area contributed by atoms with Crippen molar-refractivity contribution in [2.24, 2.45) is 10.2 Å². The van der Waals surface area contributed by atoms with Crippen LogP contribution < -0.4 is 24.5 Å². The maximum absolute atomic E-state index is 12.2. The Balaban J connectivity index is 1.69. The monoisotopic (exact) mass is 368 g/mol. The minimum Gasteiger partial charge on any atom is -0.493 e. The summed E-state index contributed by atoms with van der Waals surface area (Å²) in [6.07, 6.45) is 0. The van der Waals surface area contributed by atoms with Gasteiger partial charge in [0.05, 0.1) is 25.6 Å². The van der Waals surface area contributed by atoms with Crippen molar-refractivity contribution in [2.45, 2.75) is 0 Å². The van der Waals surface area contributed by atoms with Gasteiger partial charge in [0, 0.05) is 11.6 Å². The lowest BCUT2D eigenvalue weighted by molar-refractivity contribution is 0.174. The van der Waals surface area contributed by atoms with E-state index in [9.17, 15) is 4.79 Å². The van der Waals surface area contributed by atoms with Crippen LogP contribution in [0.15, 0.2) is 51.4 Å². The first-order chi connectivity index (χ1) is 13.2. The fourth-order valence-corrected chi connectivity index (χ4v) is 2.70. The van der Waals surface area contributed by atoms with Crippen molar-refractivity contribution in [3.8, 4) is 34.3 Å². The van der Waals surface area contributed by atoms with Crippen molar-refractivity contribution in [1.82, 2.24) is 10.2 Å². The number of ether oxygens (including phenoxy) is 4. The number of benzene rings is 2. The van der Waals surface area contributed by atoms with E-state index in [1.54, 1.807) is 50.6 Å². The number of methoxy groups -OCH3 is 2. The fraction of sp³-hybridized carbons (Fsp3) is 0.167. The number of rotatable bonds is 5. The number of hydrogen-bond acceptors (Lipinski definition) is 7. The normalized spacial score (nSPS) is 12.5. The fourth-order valence-electron chi connectivity index (χ4n) is 2.70. The molecule has 2 aromatic carbocycles. The molecule has 1 aliphatic heterocycles. The predicted molar refractivity (Wildman–Crippen MR) is 96.7 cm³/mol. The third-order valence-corrected chi connectivity index (χ3v) is 4.05. The summed E-state index contributed by atoms with van der Waals surface area (Å²) in [5, 5.41) is 13.6. The van der Waals surface area contributed by atoms with Crippen LogP contribution in [0.25, 0.3) is 11.3 Å².